The third-order valence-corrected chi connectivity index (χ3v) is 5.30. The molecule has 1 aliphatic heterocycles. The lowest BCUT2D eigenvalue weighted by Gasteiger charge is -2.28. The first-order valence-electron chi connectivity index (χ1n) is 9.45. The summed E-state index contributed by atoms with van der Waals surface area (Å²) < 4.78 is 51.7. The van der Waals surface area contributed by atoms with Crippen molar-refractivity contribution in [3.05, 3.63) is 23.6 Å². The minimum atomic E-state index is -2.28. The van der Waals surface area contributed by atoms with E-state index in [-0.39, 0.29) is 24.0 Å². The van der Waals surface area contributed by atoms with Gasteiger partial charge in [0.05, 0.1) is 0 Å². The van der Waals surface area contributed by atoms with E-state index in [2.05, 4.69) is 19.7 Å². The van der Waals surface area contributed by atoms with Gasteiger partial charge in [-0.2, -0.15) is 0 Å². The number of nitrogens with two attached hydrogens (primary N) is 1. The minimum Gasteiger partial charge on any atom is -0.444 e. The van der Waals surface area contributed by atoms with Crippen LogP contribution in [0.5, 0.6) is 0 Å². The van der Waals surface area contributed by atoms with Crippen LogP contribution < -0.4 is 11.1 Å². The fourth-order valence-electron chi connectivity index (χ4n) is 2.64. The quantitative estimate of drug-likeness (QED) is 0.374. The summed E-state index contributed by atoms with van der Waals surface area (Å²) in [4.78, 5) is 20.5. The number of nitrogens with one attached hydrogen (secondary N) is 1. The highest BCUT2D eigenvalue weighted by Crippen LogP contribution is 2.28. The average Bonchev–Trinajstić information content (AvgIpc) is 2.86. The highest BCUT2D eigenvalue weighted by molar-refractivity contribution is 7.73. The monoisotopic (exact) mass is 446 g/mol. The third-order valence-electron chi connectivity index (χ3n) is 4.05. The Hall–Kier alpha value is -2.50. The molecule has 2 heterocycles. The fraction of sp³-hybridized carbons (Fsp3) is 0.611. The van der Waals surface area contributed by atoms with Crippen molar-refractivity contribution in [2.45, 2.75) is 51.7 Å². The summed E-state index contributed by atoms with van der Waals surface area (Å²) in [6, 6.07) is 2.30. The smallest absolute Gasteiger partial charge is 0.414 e. The molecule has 0 fully saturated rings. The number of alkyl halides is 1. The lowest BCUT2D eigenvalue weighted by Crippen LogP contribution is -2.47. The largest absolute Gasteiger partial charge is 0.444 e. The van der Waals surface area contributed by atoms with Crippen LogP contribution in [0.25, 0.3) is 0 Å². The van der Waals surface area contributed by atoms with E-state index in [9.17, 15) is 17.8 Å². The SMILES string of the molecule is CC(C)(C)OC(=O)N/C(=N/[C@](C)(CF)c1nc(N)ccc1F)N1CCCCN=[SH]1=O. The normalized spacial score (nSPS) is 20.0. The number of hydrogen-bond acceptors (Lipinski definition) is 7. The summed E-state index contributed by atoms with van der Waals surface area (Å²) >= 11 is 0. The highest BCUT2D eigenvalue weighted by Gasteiger charge is 2.34. The predicted octanol–water partition coefficient (Wildman–Crippen LogP) is 2.54. The molecule has 1 aromatic heterocycles. The van der Waals surface area contributed by atoms with Crippen molar-refractivity contribution in [3.63, 3.8) is 0 Å². The van der Waals surface area contributed by atoms with Crippen LogP contribution in [0.3, 0.4) is 0 Å². The molecule has 1 aliphatic rings. The standard InChI is InChI=1S/C18H28F2N6O3S/c1-17(2,3)29-16(27)24-15(26-10-6-5-9-22-30(26)28)25-18(4,11-19)14-12(20)7-8-13(21)23-14/h7-8,30H,5-6,9-11H2,1-4H3,(H2,21,23)(H,24,25,27)/t18-/m1/s1. The lowest BCUT2D eigenvalue weighted by molar-refractivity contribution is 0.0558. The average molecular weight is 447 g/mol. The number of nitrogen functional groups attached to an aromatic ring is 1. The number of alkyl carbamates (subject to hydrolysis) is 1. The zero-order valence-electron chi connectivity index (χ0n) is 17.5. The molecule has 9 nitrogen and oxygen atoms in total. The first-order chi connectivity index (χ1) is 13.9. The molecule has 0 bridgehead atoms. The number of anilines is 1. The van der Waals surface area contributed by atoms with Crippen LogP contribution in [0, 0.1) is 5.82 Å². The molecule has 12 heteroatoms. The Morgan fingerprint density at radius 3 is 2.70 bits per heavy atom. The number of carbonyl (C=O) groups is 1. The van der Waals surface area contributed by atoms with Gasteiger partial charge < -0.3 is 10.5 Å². The molecule has 1 unspecified atom stereocenters. The van der Waals surface area contributed by atoms with Crippen LogP contribution in [0.4, 0.5) is 19.4 Å². The van der Waals surface area contributed by atoms with Gasteiger partial charge in [-0.25, -0.2) is 32.1 Å². The zero-order valence-corrected chi connectivity index (χ0v) is 18.4. The Kier molecular flexibility index (Phi) is 7.56. The number of thiol groups is 1. The van der Waals surface area contributed by atoms with Gasteiger partial charge in [-0.3, -0.25) is 9.62 Å². The summed E-state index contributed by atoms with van der Waals surface area (Å²) in [5.41, 5.74) is 2.64. The van der Waals surface area contributed by atoms with Crippen molar-refractivity contribution in [3.8, 4) is 0 Å². The number of amides is 1. The van der Waals surface area contributed by atoms with Gasteiger partial charge in [0.15, 0.2) is 0 Å². The van der Waals surface area contributed by atoms with Crippen LogP contribution in [0.1, 0.15) is 46.2 Å². The Balaban J connectivity index is 2.54. The van der Waals surface area contributed by atoms with E-state index in [0.717, 1.165) is 6.07 Å². The Bertz CT molecular complexity index is 898. The van der Waals surface area contributed by atoms with Gasteiger partial charge in [-0.1, -0.05) is 0 Å². The first-order valence-corrected chi connectivity index (χ1v) is 10.6. The number of aliphatic imine (C=N–C) groups is 1. The van der Waals surface area contributed by atoms with Crippen molar-refractivity contribution in [2.75, 3.05) is 25.5 Å². The molecule has 0 saturated heterocycles. The van der Waals surface area contributed by atoms with Crippen molar-refractivity contribution in [2.24, 2.45) is 9.36 Å². The number of rotatable bonds is 3. The number of hydrogen-bond donors (Lipinski definition) is 3. The Morgan fingerprint density at radius 2 is 2.07 bits per heavy atom. The molecule has 168 valence electrons. The van der Waals surface area contributed by atoms with Gasteiger partial charge in [0.2, 0.25) is 5.96 Å². The van der Waals surface area contributed by atoms with E-state index >= 15 is 0 Å². The van der Waals surface area contributed by atoms with Crippen molar-refractivity contribution in [1.82, 2.24) is 14.6 Å². The van der Waals surface area contributed by atoms with Crippen LogP contribution in [-0.4, -0.2) is 50.9 Å². The van der Waals surface area contributed by atoms with Gasteiger partial charge in [-0.05, 0) is 52.7 Å². The molecule has 0 aliphatic carbocycles. The van der Waals surface area contributed by atoms with Gasteiger partial charge in [0, 0.05) is 13.1 Å². The fourth-order valence-corrected chi connectivity index (χ4v) is 3.67. The summed E-state index contributed by atoms with van der Waals surface area (Å²) in [7, 11) is -2.28. The molecule has 0 aromatic carbocycles. The molecule has 1 amide bonds. The molecule has 1 aromatic rings. The van der Waals surface area contributed by atoms with Gasteiger partial charge in [0.25, 0.3) is 0 Å². The topological polar surface area (TPSA) is 122 Å². The maximum Gasteiger partial charge on any atom is 0.414 e. The zero-order chi connectivity index (χ0) is 22.5. The number of nitrogens with zero attached hydrogens (tertiary/aromatic N) is 4. The number of pyridine rings is 1. The molecule has 3 N–H and O–H groups in total. The third kappa shape index (κ3) is 6.25. The number of aromatic nitrogens is 1. The van der Waals surface area contributed by atoms with Crippen LogP contribution in [0.15, 0.2) is 21.5 Å². The highest BCUT2D eigenvalue weighted by atomic mass is 32.2. The van der Waals surface area contributed by atoms with Crippen LogP contribution in [0.2, 0.25) is 0 Å². The molecule has 0 spiro atoms. The summed E-state index contributed by atoms with van der Waals surface area (Å²) in [5.74, 6) is -1.06. The Labute approximate surface area is 176 Å². The van der Waals surface area contributed by atoms with E-state index in [1.165, 1.54) is 17.3 Å². The van der Waals surface area contributed by atoms with Crippen molar-refractivity contribution >= 4 is 28.7 Å². The number of guanidine groups is 1. The second-order valence-electron chi connectivity index (χ2n) is 7.98. The summed E-state index contributed by atoms with van der Waals surface area (Å²) in [6.45, 7) is 5.80. The van der Waals surface area contributed by atoms with E-state index < -0.39 is 40.5 Å². The van der Waals surface area contributed by atoms with Crippen molar-refractivity contribution in [1.29, 1.82) is 0 Å². The van der Waals surface area contributed by atoms with E-state index in [1.54, 1.807) is 20.8 Å². The summed E-state index contributed by atoms with van der Waals surface area (Å²) in [6.07, 6.45) is 0.441. The Morgan fingerprint density at radius 1 is 1.37 bits per heavy atom. The maximum absolute atomic E-state index is 14.4. The maximum atomic E-state index is 14.4. The molecular weight excluding hydrogens is 418 g/mol. The first kappa shape index (κ1) is 23.8. The predicted molar refractivity (Wildman–Crippen MR) is 112 cm³/mol. The second-order valence-corrected chi connectivity index (χ2v) is 9.26. The molecular formula is C18H28F2N6O3S. The molecule has 0 saturated carbocycles. The van der Waals surface area contributed by atoms with Crippen LogP contribution in [-0.2, 0) is 21.1 Å². The van der Waals surface area contributed by atoms with Gasteiger partial charge in [-0.15, -0.1) is 0 Å². The van der Waals surface area contributed by atoms with Crippen molar-refractivity contribution < 1.29 is 22.5 Å². The molecule has 0 radical (unpaired) electrons. The minimum absolute atomic E-state index is 0.0150. The van der Waals surface area contributed by atoms with E-state index in [4.69, 9.17) is 10.5 Å². The molecule has 30 heavy (non-hydrogen) atoms. The molecule has 2 atom stereocenters. The second kappa shape index (κ2) is 9.54. The van der Waals surface area contributed by atoms with E-state index in [0.29, 0.717) is 19.4 Å². The van der Waals surface area contributed by atoms with Gasteiger partial charge >= 0.3 is 6.09 Å². The lowest BCUT2D eigenvalue weighted by atomic mass is 9.99. The number of carbonyl (C=O) groups excluding carboxylic acids is 1. The molecule has 2 rings (SSSR count). The van der Waals surface area contributed by atoms with E-state index in [1.807, 2.05) is 0 Å². The van der Waals surface area contributed by atoms with Crippen LogP contribution >= 0.6 is 0 Å². The summed E-state index contributed by atoms with van der Waals surface area (Å²) in [5, 5.41) is 2.42. The van der Waals surface area contributed by atoms with Gasteiger partial charge in [0.1, 0.15) is 45.9 Å². The number of halogens is 2. The number of ether oxygens (including phenoxy) is 1.